The molecule has 1 aliphatic carbocycles. The molecule has 1 nitrogen and oxygen atoms in total. The van der Waals surface area contributed by atoms with Crippen molar-refractivity contribution in [2.24, 2.45) is 5.41 Å². The number of fused-ring (bicyclic) bond motifs is 1. The Kier molecular flexibility index (Phi) is 2.03. The molecule has 0 saturated carbocycles. The molecule has 0 N–H and O–H groups in total. The van der Waals surface area contributed by atoms with E-state index in [9.17, 15) is 4.79 Å². The lowest BCUT2D eigenvalue weighted by Gasteiger charge is -2.29. The molecule has 2 rings (SSSR count). The summed E-state index contributed by atoms with van der Waals surface area (Å²) in [5, 5.41) is 2.15. The van der Waals surface area contributed by atoms with E-state index in [1.807, 2.05) is 0 Å². The van der Waals surface area contributed by atoms with Crippen LogP contribution in [0, 0.1) is 5.41 Å². The van der Waals surface area contributed by atoms with Gasteiger partial charge >= 0.3 is 0 Å². The summed E-state index contributed by atoms with van der Waals surface area (Å²) in [5.74, 6) is 0. The molecule has 0 bridgehead atoms. The van der Waals surface area contributed by atoms with Crippen molar-refractivity contribution in [2.75, 3.05) is 0 Å². The normalized spacial score (nSPS) is 19.5. The first kappa shape index (κ1) is 8.95. The Morgan fingerprint density at radius 3 is 3.00 bits per heavy atom. The van der Waals surface area contributed by atoms with Crippen molar-refractivity contribution in [2.45, 2.75) is 33.1 Å². The van der Waals surface area contributed by atoms with Crippen molar-refractivity contribution in [3.05, 3.63) is 21.4 Å². The van der Waals surface area contributed by atoms with E-state index in [1.54, 1.807) is 11.3 Å². The molecule has 0 aromatic carbocycles. The number of rotatable bonds is 1. The van der Waals surface area contributed by atoms with Gasteiger partial charge in [0.05, 0.1) is 4.88 Å². The third-order valence-electron chi connectivity index (χ3n) is 2.85. The molecule has 1 aliphatic rings. The molecule has 0 spiro atoms. The van der Waals surface area contributed by atoms with E-state index in [4.69, 9.17) is 0 Å². The second-order valence-corrected chi connectivity index (χ2v) is 5.47. The zero-order chi connectivity index (χ0) is 9.47. The molecule has 1 aromatic heterocycles. The van der Waals surface area contributed by atoms with E-state index in [1.165, 1.54) is 17.5 Å². The van der Waals surface area contributed by atoms with Gasteiger partial charge < -0.3 is 0 Å². The Morgan fingerprint density at radius 2 is 2.31 bits per heavy atom. The van der Waals surface area contributed by atoms with Crippen LogP contribution >= 0.6 is 11.3 Å². The van der Waals surface area contributed by atoms with Crippen molar-refractivity contribution >= 4 is 17.6 Å². The van der Waals surface area contributed by atoms with Crippen molar-refractivity contribution in [3.63, 3.8) is 0 Å². The fraction of sp³-hybridized carbons (Fsp3) is 0.545. The fourth-order valence-electron chi connectivity index (χ4n) is 1.98. The van der Waals surface area contributed by atoms with Crippen LogP contribution < -0.4 is 0 Å². The predicted octanol–water partition coefficient (Wildman–Crippen LogP) is 3.08. The molecule has 0 aliphatic heterocycles. The Hall–Kier alpha value is -0.630. The van der Waals surface area contributed by atoms with Crippen LogP contribution in [0.4, 0.5) is 0 Å². The molecule has 0 saturated heterocycles. The molecule has 70 valence electrons. The number of carbonyl (C=O) groups is 1. The number of carbonyl (C=O) groups excluding carboxylic acids is 1. The molecule has 0 fully saturated rings. The SMILES string of the molecule is CC1(C)CCc2csc(C=O)c2C1. The first-order chi connectivity index (χ1) is 6.12. The van der Waals surface area contributed by atoms with Gasteiger partial charge in [-0.1, -0.05) is 13.8 Å². The van der Waals surface area contributed by atoms with E-state index < -0.39 is 0 Å². The summed E-state index contributed by atoms with van der Waals surface area (Å²) in [6, 6.07) is 0. The van der Waals surface area contributed by atoms with Gasteiger partial charge in [0.15, 0.2) is 6.29 Å². The van der Waals surface area contributed by atoms with Gasteiger partial charge in [0.2, 0.25) is 0 Å². The Balaban J connectivity index is 2.41. The Morgan fingerprint density at radius 1 is 1.54 bits per heavy atom. The van der Waals surface area contributed by atoms with Crippen LogP contribution in [-0.4, -0.2) is 6.29 Å². The summed E-state index contributed by atoms with van der Waals surface area (Å²) in [6.45, 7) is 4.56. The maximum atomic E-state index is 10.8. The molecule has 13 heavy (non-hydrogen) atoms. The van der Waals surface area contributed by atoms with E-state index in [0.717, 1.165) is 24.0 Å². The molecule has 2 heteroatoms. The highest BCUT2D eigenvalue weighted by molar-refractivity contribution is 7.12. The van der Waals surface area contributed by atoms with Crippen molar-refractivity contribution in [3.8, 4) is 0 Å². The maximum Gasteiger partial charge on any atom is 0.160 e. The van der Waals surface area contributed by atoms with Gasteiger partial charge in [0.25, 0.3) is 0 Å². The average molecular weight is 194 g/mol. The van der Waals surface area contributed by atoms with Gasteiger partial charge in [-0.2, -0.15) is 0 Å². The van der Waals surface area contributed by atoms with Crippen molar-refractivity contribution in [1.29, 1.82) is 0 Å². The Bertz CT molecular complexity index is 336. The summed E-state index contributed by atoms with van der Waals surface area (Å²) in [4.78, 5) is 11.7. The Labute approximate surface area is 82.8 Å². The number of hydrogen-bond acceptors (Lipinski definition) is 2. The van der Waals surface area contributed by atoms with E-state index in [-0.39, 0.29) is 0 Å². The van der Waals surface area contributed by atoms with Gasteiger partial charge in [0, 0.05) is 0 Å². The molecule has 0 unspecified atom stereocenters. The quantitative estimate of drug-likeness (QED) is 0.628. The zero-order valence-electron chi connectivity index (χ0n) is 8.09. The van der Waals surface area contributed by atoms with E-state index in [2.05, 4.69) is 19.2 Å². The smallest absolute Gasteiger partial charge is 0.160 e. The molecule has 0 atom stereocenters. The van der Waals surface area contributed by atoms with Crippen molar-refractivity contribution < 1.29 is 4.79 Å². The summed E-state index contributed by atoms with van der Waals surface area (Å²) in [7, 11) is 0. The van der Waals surface area contributed by atoms with Gasteiger partial charge in [-0.05, 0) is 41.2 Å². The molecule has 1 aromatic rings. The van der Waals surface area contributed by atoms with Gasteiger partial charge in [0.1, 0.15) is 0 Å². The summed E-state index contributed by atoms with van der Waals surface area (Å²) >= 11 is 1.60. The first-order valence-electron chi connectivity index (χ1n) is 4.67. The molecular formula is C11H14OS. The topological polar surface area (TPSA) is 17.1 Å². The van der Waals surface area contributed by atoms with Crippen LogP contribution in [0.25, 0.3) is 0 Å². The van der Waals surface area contributed by atoms with Crippen LogP contribution in [-0.2, 0) is 12.8 Å². The highest BCUT2D eigenvalue weighted by Gasteiger charge is 2.27. The molecular weight excluding hydrogens is 180 g/mol. The number of aldehydes is 1. The van der Waals surface area contributed by atoms with E-state index >= 15 is 0 Å². The van der Waals surface area contributed by atoms with Gasteiger partial charge in [-0.25, -0.2) is 0 Å². The number of hydrogen-bond donors (Lipinski definition) is 0. The van der Waals surface area contributed by atoms with Crippen LogP contribution in [0.15, 0.2) is 5.38 Å². The van der Waals surface area contributed by atoms with Crippen LogP contribution in [0.3, 0.4) is 0 Å². The monoisotopic (exact) mass is 194 g/mol. The maximum absolute atomic E-state index is 10.8. The molecule has 0 radical (unpaired) electrons. The highest BCUT2D eigenvalue weighted by atomic mass is 32.1. The predicted molar refractivity (Wildman–Crippen MR) is 55.5 cm³/mol. The van der Waals surface area contributed by atoms with Crippen LogP contribution in [0.1, 0.15) is 41.1 Å². The summed E-state index contributed by atoms with van der Waals surface area (Å²) < 4.78 is 0. The fourth-order valence-corrected chi connectivity index (χ4v) is 2.91. The molecule has 1 heterocycles. The minimum absolute atomic E-state index is 0.381. The van der Waals surface area contributed by atoms with Gasteiger partial charge in [-0.15, -0.1) is 11.3 Å². The summed E-state index contributed by atoms with van der Waals surface area (Å²) in [6.07, 6.45) is 4.46. The number of thiophene rings is 1. The third kappa shape index (κ3) is 1.55. The van der Waals surface area contributed by atoms with Crippen molar-refractivity contribution in [1.82, 2.24) is 0 Å². The largest absolute Gasteiger partial charge is 0.297 e. The van der Waals surface area contributed by atoms with Gasteiger partial charge in [-0.3, -0.25) is 4.79 Å². The average Bonchev–Trinajstić information content (AvgIpc) is 2.44. The van der Waals surface area contributed by atoms with E-state index in [0.29, 0.717) is 5.41 Å². The van der Waals surface area contributed by atoms with Crippen LogP contribution in [0.5, 0.6) is 0 Å². The standard InChI is InChI=1S/C11H14OS/c1-11(2)4-3-8-7-13-10(6-12)9(8)5-11/h6-7H,3-5H2,1-2H3. The highest BCUT2D eigenvalue weighted by Crippen LogP contribution is 2.38. The van der Waals surface area contributed by atoms with Crippen LogP contribution in [0.2, 0.25) is 0 Å². The molecule has 0 amide bonds. The third-order valence-corrected chi connectivity index (χ3v) is 3.85. The lowest BCUT2D eigenvalue weighted by Crippen LogP contribution is -2.21. The lowest BCUT2D eigenvalue weighted by atomic mass is 9.75. The summed E-state index contributed by atoms with van der Waals surface area (Å²) in [5.41, 5.74) is 3.11. The second-order valence-electron chi connectivity index (χ2n) is 4.56. The first-order valence-corrected chi connectivity index (χ1v) is 5.55. The zero-order valence-corrected chi connectivity index (χ0v) is 8.91. The number of aryl methyl sites for hydroxylation is 1. The minimum Gasteiger partial charge on any atom is -0.297 e. The second kappa shape index (κ2) is 2.95. The lowest BCUT2D eigenvalue weighted by molar-refractivity contribution is 0.112. The minimum atomic E-state index is 0.381.